The number of rotatable bonds is 4. The zero-order valence-corrected chi connectivity index (χ0v) is 14.6. The number of H-pyrrole nitrogens is 1. The minimum atomic E-state index is -0.892. The van der Waals surface area contributed by atoms with Crippen LogP contribution < -0.4 is 16.6 Å². The first-order valence-electron chi connectivity index (χ1n) is 8.12. The van der Waals surface area contributed by atoms with Gasteiger partial charge in [-0.2, -0.15) is 4.98 Å². The number of fused-ring (bicyclic) bond motifs is 1. The van der Waals surface area contributed by atoms with Crippen molar-refractivity contribution in [2.75, 3.05) is 17.7 Å². The van der Waals surface area contributed by atoms with Crippen LogP contribution in [0.4, 0.5) is 17.5 Å². The molecule has 10 heteroatoms. The number of carbonyl (C=O) groups excluding carboxylic acids is 1. The van der Waals surface area contributed by atoms with Gasteiger partial charge < -0.3 is 15.8 Å². The van der Waals surface area contributed by atoms with Gasteiger partial charge >= 0.3 is 5.97 Å². The number of hydrogen-bond acceptors (Lipinski definition) is 8. The summed E-state index contributed by atoms with van der Waals surface area (Å²) in [4.78, 5) is 42.3. The molecule has 2 heterocycles. The smallest absolute Gasteiger partial charge is 0.336 e. The number of nitrogens with two attached hydrogens (primary N) is 1. The molecule has 1 aliphatic heterocycles. The number of ether oxygens (including phenoxy) is 1. The molecule has 10 nitrogen and oxygen atoms in total. The molecule has 140 valence electrons. The fourth-order valence-corrected chi connectivity index (χ4v) is 3.10. The molecule has 1 aromatic heterocycles. The molecule has 3 rings (SSSR count). The third-order valence-electron chi connectivity index (χ3n) is 4.17. The average molecular weight is 371 g/mol. The molecular formula is C17H17N5O5. The Hall–Kier alpha value is -3.69. The first-order chi connectivity index (χ1) is 12.8. The van der Waals surface area contributed by atoms with E-state index in [0.717, 1.165) is 0 Å². The molecule has 1 aromatic carbocycles. The Bertz CT molecular complexity index is 1030. The van der Waals surface area contributed by atoms with Gasteiger partial charge in [-0.25, -0.2) is 4.79 Å². The highest BCUT2D eigenvalue weighted by molar-refractivity contribution is 5.94. The summed E-state index contributed by atoms with van der Waals surface area (Å²) in [6.45, 7) is 3.44. The van der Waals surface area contributed by atoms with E-state index in [1.165, 1.54) is 18.2 Å². The van der Waals surface area contributed by atoms with E-state index >= 15 is 0 Å². The molecule has 0 fully saturated rings. The monoisotopic (exact) mass is 371 g/mol. The third kappa shape index (κ3) is 3.24. The minimum absolute atomic E-state index is 0.0866. The van der Waals surface area contributed by atoms with Crippen LogP contribution in [0, 0.1) is 10.1 Å². The van der Waals surface area contributed by atoms with E-state index in [0.29, 0.717) is 11.3 Å². The highest BCUT2D eigenvalue weighted by Gasteiger charge is 2.36. The van der Waals surface area contributed by atoms with E-state index in [4.69, 9.17) is 10.5 Å². The molecule has 0 unspecified atom stereocenters. The van der Waals surface area contributed by atoms with E-state index in [-0.39, 0.29) is 35.2 Å². The number of aromatic nitrogens is 2. The van der Waals surface area contributed by atoms with Gasteiger partial charge in [0.25, 0.3) is 11.2 Å². The van der Waals surface area contributed by atoms with Gasteiger partial charge in [0.1, 0.15) is 5.82 Å². The van der Waals surface area contributed by atoms with E-state index in [2.05, 4.69) is 15.3 Å². The van der Waals surface area contributed by atoms with E-state index in [1.807, 2.05) is 0 Å². The molecule has 0 amide bonds. The number of nitrogens with one attached hydrogen (secondary N) is 2. The largest absolute Gasteiger partial charge is 0.463 e. The highest BCUT2D eigenvalue weighted by Crippen LogP contribution is 2.40. The number of non-ortho nitro benzene ring substituents is 1. The lowest BCUT2D eigenvalue weighted by atomic mass is 9.82. The standard InChI is InChI=1S/C17H17N5O5/c1-3-27-16(24)11-8(2)19-14-13(15(23)21-17(18)20-14)12(11)9-5-4-6-10(7-9)22(25)26/h4-7,12H,3H2,1-2H3,(H4,18,19,20,21,23)/t12-/m0/s1. The Balaban J connectivity index is 2.29. The van der Waals surface area contributed by atoms with E-state index in [1.54, 1.807) is 19.9 Å². The van der Waals surface area contributed by atoms with Crippen LogP contribution in [0.2, 0.25) is 0 Å². The number of benzene rings is 1. The molecule has 0 bridgehead atoms. The SMILES string of the molecule is CCOC(=O)C1=C(C)Nc2nc(N)[nH]c(=O)c2[C@H]1c1cccc([N+](=O)[O-])c1. The van der Waals surface area contributed by atoms with Crippen molar-refractivity contribution < 1.29 is 14.5 Å². The van der Waals surface area contributed by atoms with E-state index in [9.17, 15) is 19.7 Å². The Kier molecular flexibility index (Phi) is 4.63. The summed E-state index contributed by atoms with van der Waals surface area (Å²) in [5.74, 6) is -1.41. The lowest BCUT2D eigenvalue weighted by Crippen LogP contribution is -2.31. The van der Waals surface area contributed by atoms with Gasteiger partial charge in [0, 0.05) is 17.8 Å². The van der Waals surface area contributed by atoms with Crippen molar-refractivity contribution in [2.45, 2.75) is 19.8 Å². The molecule has 0 saturated heterocycles. The summed E-state index contributed by atoms with van der Waals surface area (Å²) in [6, 6.07) is 5.75. The number of aromatic amines is 1. The van der Waals surface area contributed by atoms with Crippen molar-refractivity contribution in [2.24, 2.45) is 0 Å². The van der Waals surface area contributed by atoms with Gasteiger partial charge in [-0.3, -0.25) is 19.9 Å². The van der Waals surface area contributed by atoms with Crippen LogP contribution in [0.1, 0.15) is 30.9 Å². The third-order valence-corrected chi connectivity index (χ3v) is 4.17. The van der Waals surface area contributed by atoms with Gasteiger partial charge in [0.05, 0.1) is 28.6 Å². The maximum absolute atomic E-state index is 12.6. The number of nitro groups is 1. The quantitative estimate of drug-likeness (QED) is 0.416. The van der Waals surface area contributed by atoms with Gasteiger partial charge in [0.2, 0.25) is 5.95 Å². The van der Waals surface area contributed by atoms with Crippen LogP contribution in [-0.4, -0.2) is 27.5 Å². The molecule has 1 atom stereocenters. The van der Waals surface area contributed by atoms with Crippen LogP contribution in [0.3, 0.4) is 0 Å². The Morgan fingerprint density at radius 1 is 1.44 bits per heavy atom. The summed E-state index contributed by atoms with van der Waals surface area (Å²) in [5, 5.41) is 14.1. The molecule has 1 aliphatic rings. The molecule has 0 radical (unpaired) electrons. The number of nitrogens with zero attached hydrogens (tertiary/aromatic N) is 2. The van der Waals surface area contributed by atoms with Crippen molar-refractivity contribution in [3.05, 3.63) is 67.1 Å². The summed E-state index contributed by atoms with van der Waals surface area (Å²) in [7, 11) is 0. The van der Waals surface area contributed by atoms with Gasteiger partial charge in [-0.15, -0.1) is 0 Å². The van der Waals surface area contributed by atoms with Crippen molar-refractivity contribution in [3.63, 3.8) is 0 Å². The number of nitro benzene ring substituents is 1. The fraction of sp³-hybridized carbons (Fsp3) is 0.235. The first kappa shape index (κ1) is 18.1. The number of hydrogen-bond donors (Lipinski definition) is 3. The number of nitrogen functional groups attached to an aromatic ring is 1. The molecule has 0 spiro atoms. The van der Waals surface area contributed by atoms with Crippen molar-refractivity contribution in [1.82, 2.24) is 9.97 Å². The Morgan fingerprint density at radius 2 is 2.19 bits per heavy atom. The summed E-state index contributed by atoms with van der Waals surface area (Å²) >= 11 is 0. The van der Waals surface area contributed by atoms with E-state index < -0.39 is 22.4 Å². The number of anilines is 2. The number of allylic oxidation sites excluding steroid dienone is 1. The second-order valence-corrected chi connectivity index (χ2v) is 5.88. The second kappa shape index (κ2) is 6.90. The second-order valence-electron chi connectivity index (χ2n) is 5.88. The zero-order valence-electron chi connectivity index (χ0n) is 14.6. The summed E-state index contributed by atoms with van der Waals surface area (Å²) in [6.07, 6.45) is 0. The summed E-state index contributed by atoms with van der Waals surface area (Å²) < 4.78 is 5.13. The van der Waals surface area contributed by atoms with Gasteiger partial charge in [-0.1, -0.05) is 12.1 Å². The molecule has 0 aliphatic carbocycles. The Morgan fingerprint density at radius 3 is 2.85 bits per heavy atom. The minimum Gasteiger partial charge on any atom is -0.463 e. The predicted octanol–water partition coefficient (Wildman–Crippen LogP) is 1.65. The molecular weight excluding hydrogens is 354 g/mol. The maximum atomic E-state index is 12.6. The molecule has 27 heavy (non-hydrogen) atoms. The van der Waals surface area contributed by atoms with Crippen molar-refractivity contribution in [1.29, 1.82) is 0 Å². The molecule has 0 saturated carbocycles. The Labute approximate surface area is 153 Å². The van der Waals surface area contributed by atoms with Crippen LogP contribution >= 0.6 is 0 Å². The van der Waals surface area contributed by atoms with Crippen molar-refractivity contribution in [3.8, 4) is 0 Å². The number of carbonyl (C=O) groups is 1. The maximum Gasteiger partial charge on any atom is 0.336 e. The molecule has 4 N–H and O–H groups in total. The number of esters is 1. The zero-order chi connectivity index (χ0) is 19.7. The lowest BCUT2D eigenvalue weighted by molar-refractivity contribution is -0.384. The normalized spacial score (nSPS) is 15.7. The fourth-order valence-electron chi connectivity index (χ4n) is 3.10. The van der Waals surface area contributed by atoms with Gasteiger partial charge in [-0.05, 0) is 19.4 Å². The molecule has 2 aromatic rings. The van der Waals surface area contributed by atoms with Crippen LogP contribution in [0.25, 0.3) is 0 Å². The van der Waals surface area contributed by atoms with Crippen LogP contribution in [0.15, 0.2) is 40.3 Å². The topological polar surface area (TPSA) is 153 Å². The first-order valence-corrected chi connectivity index (χ1v) is 8.12. The summed E-state index contributed by atoms with van der Waals surface area (Å²) in [5.41, 5.74) is 6.05. The van der Waals surface area contributed by atoms with Crippen LogP contribution in [0.5, 0.6) is 0 Å². The van der Waals surface area contributed by atoms with Crippen molar-refractivity contribution >= 4 is 23.4 Å². The average Bonchev–Trinajstić information content (AvgIpc) is 2.60. The predicted molar refractivity (Wildman–Crippen MR) is 97.2 cm³/mol. The lowest BCUT2D eigenvalue weighted by Gasteiger charge is -2.28. The van der Waals surface area contributed by atoms with Crippen LogP contribution in [-0.2, 0) is 9.53 Å². The highest BCUT2D eigenvalue weighted by atomic mass is 16.6. The van der Waals surface area contributed by atoms with Gasteiger partial charge in [0.15, 0.2) is 0 Å².